The maximum Gasteiger partial charge on any atom is 0.0726 e. The summed E-state index contributed by atoms with van der Waals surface area (Å²) < 4.78 is 2.45. The molecule has 0 radical (unpaired) electrons. The molecule has 2 nitrogen and oxygen atoms in total. The minimum atomic E-state index is -0.562. The molecule has 3 aliphatic carbocycles. The molecule has 78 heavy (non-hydrogen) atoms. The van der Waals surface area contributed by atoms with Crippen molar-refractivity contribution in [3.05, 3.63) is 312 Å². The largest absolute Gasteiger partial charge is 0.310 e. The Bertz CT molecular complexity index is 4580. The molecule has 13 aromatic rings. The molecule has 12 aromatic carbocycles. The third-order valence-corrected chi connectivity index (χ3v) is 17.6. The second kappa shape index (κ2) is 16.9. The molecule has 1 aromatic heterocycles. The van der Waals surface area contributed by atoms with Crippen molar-refractivity contribution in [3.63, 3.8) is 0 Å². The Balaban J connectivity index is 0.949. The van der Waals surface area contributed by atoms with E-state index in [-0.39, 0.29) is 5.41 Å². The number of hydrogen-bond acceptors (Lipinski definition) is 1. The molecule has 0 saturated carbocycles. The average Bonchev–Trinajstić information content (AvgIpc) is 4.22. The molecule has 0 amide bonds. The third-order valence-electron chi connectivity index (χ3n) is 17.6. The average molecular weight is 993 g/mol. The molecule has 1 atom stereocenters. The van der Waals surface area contributed by atoms with E-state index in [0.717, 1.165) is 33.9 Å². The first-order chi connectivity index (χ1) is 38.5. The van der Waals surface area contributed by atoms with Gasteiger partial charge in [0.2, 0.25) is 0 Å². The van der Waals surface area contributed by atoms with E-state index in [1.807, 2.05) is 0 Å². The van der Waals surface area contributed by atoms with Crippen molar-refractivity contribution < 1.29 is 0 Å². The maximum atomic E-state index is 2.55. The zero-order chi connectivity index (χ0) is 51.7. The van der Waals surface area contributed by atoms with Crippen molar-refractivity contribution in [2.45, 2.75) is 24.7 Å². The summed E-state index contributed by atoms with van der Waals surface area (Å²) in [4.78, 5) is 2.52. The number of nitrogens with zero attached hydrogens (tertiary/aromatic N) is 2. The monoisotopic (exact) mass is 992 g/mol. The van der Waals surface area contributed by atoms with Gasteiger partial charge in [0.25, 0.3) is 0 Å². The van der Waals surface area contributed by atoms with Gasteiger partial charge < -0.3 is 9.47 Å². The number of fused-ring (bicyclic) bond motifs is 17. The SMILES string of the molecule is CC1(C)c2ccccc2-c2ccc(N(c3cc(-c4ccccc4)cc(-c4ccc5c(c4)C4(c6ccccc6-5)c5ccccc5-c5c4ccc4c5c5ccccc5n4-c4ccccc4)c3)c3ccccc3-c3ccccc3)cc21. The van der Waals surface area contributed by atoms with Gasteiger partial charge in [-0.15, -0.1) is 0 Å². The second-order valence-corrected chi connectivity index (χ2v) is 21.9. The molecule has 2 heteroatoms. The van der Waals surface area contributed by atoms with Gasteiger partial charge in [-0.05, 0) is 161 Å². The molecule has 16 rings (SSSR count). The molecule has 366 valence electrons. The molecule has 0 aliphatic heterocycles. The molecular weight excluding hydrogens is 941 g/mol. The molecule has 1 heterocycles. The van der Waals surface area contributed by atoms with Gasteiger partial charge in [0.05, 0.1) is 22.1 Å². The van der Waals surface area contributed by atoms with E-state index in [2.05, 4.69) is 302 Å². The first-order valence-electron chi connectivity index (χ1n) is 27.3. The van der Waals surface area contributed by atoms with Crippen molar-refractivity contribution >= 4 is 38.9 Å². The Morgan fingerprint density at radius 1 is 0.308 bits per heavy atom. The molecule has 3 aliphatic rings. The number of aromatic nitrogens is 1. The van der Waals surface area contributed by atoms with Gasteiger partial charge >= 0.3 is 0 Å². The smallest absolute Gasteiger partial charge is 0.0726 e. The van der Waals surface area contributed by atoms with E-state index in [0.29, 0.717) is 0 Å². The van der Waals surface area contributed by atoms with Gasteiger partial charge in [-0.3, -0.25) is 0 Å². The quantitative estimate of drug-likeness (QED) is 0.154. The number of para-hydroxylation sites is 3. The van der Waals surface area contributed by atoms with Crippen LogP contribution in [-0.4, -0.2) is 4.57 Å². The van der Waals surface area contributed by atoms with Gasteiger partial charge in [-0.2, -0.15) is 0 Å². The lowest BCUT2D eigenvalue weighted by molar-refractivity contribution is 0.660. The van der Waals surface area contributed by atoms with Crippen molar-refractivity contribution in [2.24, 2.45) is 0 Å². The highest BCUT2D eigenvalue weighted by atomic mass is 15.1. The number of benzene rings is 12. The molecular formula is C76H52N2. The molecule has 1 spiro atoms. The Kier molecular flexibility index (Phi) is 9.63. The van der Waals surface area contributed by atoms with Crippen LogP contribution < -0.4 is 4.90 Å². The summed E-state index contributed by atoms with van der Waals surface area (Å²) in [5, 5.41) is 2.56. The molecule has 0 N–H and O–H groups in total. The van der Waals surface area contributed by atoms with Crippen LogP contribution in [0.5, 0.6) is 0 Å². The normalized spacial score (nSPS) is 14.9. The van der Waals surface area contributed by atoms with E-state index < -0.39 is 5.41 Å². The van der Waals surface area contributed by atoms with Crippen LogP contribution in [0.4, 0.5) is 17.1 Å². The molecule has 0 fully saturated rings. The van der Waals surface area contributed by atoms with E-state index in [1.54, 1.807) is 0 Å². The first kappa shape index (κ1) is 44.5. The summed E-state index contributed by atoms with van der Waals surface area (Å²) in [5.41, 5.74) is 29.0. The molecule has 0 bridgehead atoms. The highest BCUT2D eigenvalue weighted by molar-refractivity contribution is 6.19. The Hall–Kier alpha value is -9.76. The lowest BCUT2D eigenvalue weighted by Gasteiger charge is -2.31. The predicted octanol–water partition coefficient (Wildman–Crippen LogP) is 19.9. The predicted molar refractivity (Wildman–Crippen MR) is 326 cm³/mol. The molecule has 0 saturated heterocycles. The van der Waals surface area contributed by atoms with E-state index in [4.69, 9.17) is 0 Å². The Morgan fingerprint density at radius 2 is 0.859 bits per heavy atom. The number of hydrogen-bond donors (Lipinski definition) is 0. The fourth-order valence-electron chi connectivity index (χ4n) is 14.2. The van der Waals surface area contributed by atoms with Gasteiger partial charge in [-0.1, -0.05) is 226 Å². The van der Waals surface area contributed by atoms with Crippen LogP contribution in [-0.2, 0) is 10.8 Å². The maximum absolute atomic E-state index is 2.55. The third kappa shape index (κ3) is 6.26. The van der Waals surface area contributed by atoms with Crippen LogP contribution >= 0.6 is 0 Å². The zero-order valence-electron chi connectivity index (χ0n) is 43.5. The van der Waals surface area contributed by atoms with Crippen LogP contribution in [0.3, 0.4) is 0 Å². The van der Waals surface area contributed by atoms with Crippen LogP contribution in [0.25, 0.3) is 94.3 Å². The fourth-order valence-corrected chi connectivity index (χ4v) is 14.2. The Morgan fingerprint density at radius 3 is 1.62 bits per heavy atom. The highest BCUT2D eigenvalue weighted by Gasteiger charge is 2.52. The summed E-state index contributed by atoms with van der Waals surface area (Å²) in [6.07, 6.45) is 0. The molecule has 1 unspecified atom stereocenters. The van der Waals surface area contributed by atoms with Crippen molar-refractivity contribution in [2.75, 3.05) is 4.90 Å². The summed E-state index contributed by atoms with van der Waals surface area (Å²) in [7, 11) is 0. The second-order valence-electron chi connectivity index (χ2n) is 21.9. The number of anilines is 3. The summed E-state index contributed by atoms with van der Waals surface area (Å²) in [6, 6.07) is 105. The van der Waals surface area contributed by atoms with Gasteiger partial charge in [0, 0.05) is 38.8 Å². The lowest BCUT2D eigenvalue weighted by atomic mass is 9.70. The minimum absolute atomic E-state index is 0.177. The van der Waals surface area contributed by atoms with E-state index in [1.165, 1.54) is 111 Å². The Labute approximate surface area is 455 Å². The summed E-state index contributed by atoms with van der Waals surface area (Å²) in [5.74, 6) is 0. The van der Waals surface area contributed by atoms with Crippen LogP contribution in [0.15, 0.2) is 279 Å². The van der Waals surface area contributed by atoms with Gasteiger partial charge in [0.15, 0.2) is 0 Å². The fraction of sp³-hybridized carbons (Fsp3) is 0.0526. The highest BCUT2D eigenvalue weighted by Crippen LogP contribution is 2.65. The van der Waals surface area contributed by atoms with Crippen molar-refractivity contribution in [3.8, 4) is 72.4 Å². The van der Waals surface area contributed by atoms with Crippen LogP contribution in [0.2, 0.25) is 0 Å². The standard InChI is InChI=1S/C76H52N2/c1-75(2)64-33-17-12-29-58(64)60-41-39-55(48-68(60)75)77(70-36-20-15-28-57(70)50-24-8-4-9-25-50)56-45-52(49-22-6-3-7-23-49)44-53(46-56)51-38-40-61-59-30-13-18-34-65(59)76(69(61)47-51)66-35-19-14-31-62(66)73-67(76)42-43-72-74(73)63-32-16-21-37-71(63)78(72)54-26-10-5-11-27-54/h3-48H,1-2H3. The van der Waals surface area contributed by atoms with Gasteiger partial charge in [-0.25, -0.2) is 0 Å². The number of rotatable bonds is 7. The van der Waals surface area contributed by atoms with E-state index >= 15 is 0 Å². The lowest BCUT2D eigenvalue weighted by Crippen LogP contribution is -2.25. The topological polar surface area (TPSA) is 8.17 Å². The van der Waals surface area contributed by atoms with Gasteiger partial charge in [0.1, 0.15) is 0 Å². The minimum Gasteiger partial charge on any atom is -0.310 e. The zero-order valence-corrected chi connectivity index (χ0v) is 43.5. The van der Waals surface area contributed by atoms with Crippen molar-refractivity contribution in [1.29, 1.82) is 0 Å². The van der Waals surface area contributed by atoms with Crippen LogP contribution in [0.1, 0.15) is 47.2 Å². The van der Waals surface area contributed by atoms with E-state index in [9.17, 15) is 0 Å². The van der Waals surface area contributed by atoms with Crippen LogP contribution in [0, 0.1) is 0 Å². The van der Waals surface area contributed by atoms with Crippen molar-refractivity contribution in [1.82, 2.24) is 4.57 Å². The summed E-state index contributed by atoms with van der Waals surface area (Å²) >= 11 is 0. The summed E-state index contributed by atoms with van der Waals surface area (Å²) in [6.45, 7) is 4.76. The first-order valence-corrected chi connectivity index (χ1v) is 27.3.